The summed E-state index contributed by atoms with van der Waals surface area (Å²) >= 11 is 1.19. The van der Waals surface area contributed by atoms with Gasteiger partial charge in [-0.05, 0) is 17.7 Å². The first-order valence-corrected chi connectivity index (χ1v) is 11.0. The van der Waals surface area contributed by atoms with Gasteiger partial charge in [0.05, 0.1) is 12.2 Å². The van der Waals surface area contributed by atoms with Crippen molar-refractivity contribution in [3.63, 3.8) is 0 Å². The molecule has 1 aromatic heterocycles. The fraction of sp³-hybridized carbons (Fsp3) is 0.217. The van der Waals surface area contributed by atoms with E-state index in [0.717, 1.165) is 5.56 Å². The molecule has 0 fully saturated rings. The molecule has 9 heteroatoms. The molecule has 2 heterocycles. The van der Waals surface area contributed by atoms with E-state index in [9.17, 15) is 9.59 Å². The number of allylic oxidation sites excluding steroid dienone is 1. The Bertz CT molecular complexity index is 1120. The summed E-state index contributed by atoms with van der Waals surface area (Å²) in [6, 6.07) is 16.7. The Balaban J connectivity index is 1.38. The van der Waals surface area contributed by atoms with Crippen molar-refractivity contribution in [1.82, 2.24) is 20.1 Å². The molecule has 1 unspecified atom stereocenters. The van der Waals surface area contributed by atoms with Crippen molar-refractivity contribution in [3.8, 4) is 11.5 Å². The zero-order valence-electron chi connectivity index (χ0n) is 17.3. The van der Waals surface area contributed by atoms with Crippen LogP contribution in [0.1, 0.15) is 17.5 Å². The van der Waals surface area contributed by atoms with E-state index in [0.29, 0.717) is 35.6 Å². The Morgan fingerprint density at radius 2 is 1.84 bits per heavy atom. The van der Waals surface area contributed by atoms with Crippen LogP contribution < -0.4 is 14.8 Å². The number of carbonyl (C=O) groups excluding carboxylic acids is 2. The largest absolute Gasteiger partial charge is 0.485 e. The second kappa shape index (κ2) is 10.1. The van der Waals surface area contributed by atoms with Crippen LogP contribution in [0.5, 0.6) is 11.5 Å². The van der Waals surface area contributed by atoms with Gasteiger partial charge in [-0.2, -0.15) is 0 Å². The molecule has 0 saturated heterocycles. The van der Waals surface area contributed by atoms with Crippen LogP contribution in [-0.4, -0.2) is 38.9 Å². The highest BCUT2D eigenvalue weighted by atomic mass is 32.2. The lowest BCUT2D eigenvalue weighted by molar-refractivity contribution is -0.128. The van der Waals surface area contributed by atoms with Crippen molar-refractivity contribution >= 4 is 23.6 Å². The maximum atomic E-state index is 12.3. The molecule has 0 radical (unpaired) electrons. The van der Waals surface area contributed by atoms with Gasteiger partial charge in [0, 0.05) is 6.54 Å². The molecule has 0 spiro atoms. The first-order chi connectivity index (χ1) is 15.6. The standard InChI is InChI=1S/C23H22N4O4S/c1-2-12-27-22(19-14-30-17-10-6-7-11-18(17)31-19)25-26-23(27)32-15-21(29)24-20(28)13-16-8-4-3-5-9-16/h2-11,19H,1,12-15H2,(H,24,28,29). The smallest absolute Gasteiger partial charge is 0.237 e. The van der Waals surface area contributed by atoms with Crippen LogP contribution in [0.3, 0.4) is 0 Å². The second-order valence-corrected chi connectivity index (χ2v) is 7.97. The average Bonchev–Trinajstić information content (AvgIpc) is 3.20. The zero-order chi connectivity index (χ0) is 22.3. The van der Waals surface area contributed by atoms with E-state index < -0.39 is 12.0 Å². The Labute approximate surface area is 189 Å². The topological polar surface area (TPSA) is 95.3 Å². The van der Waals surface area contributed by atoms with Crippen LogP contribution in [0.4, 0.5) is 0 Å². The molecule has 3 aromatic rings. The van der Waals surface area contributed by atoms with Gasteiger partial charge < -0.3 is 9.47 Å². The third-order valence-corrected chi connectivity index (χ3v) is 5.64. The molecule has 164 valence electrons. The molecule has 32 heavy (non-hydrogen) atoms. The lowest BCUT2D eigenvalue weighted by Crippen LogP contribution is -2.33. The minimum absolute atomic E-state index is 0.0284. The number of imide groups is 1. The summed E-state index contributed by atoms with van der Waals surface area (Å²) in [5.74, 6) is 1.20. The number of thioether (sulfide) groups is 1. The van der Waals surface area contributed by atoms with Crippen LogP contribution in [0, 0.1) is 0 Å². The fourth-order valence-corrected chi connectivity index (χ4v) is 3.99. The molecular weight excluding hydrogens is 428 g/mol. The van der Waals surface area contributed by atoms with Crippen LogP contribution in [0.15, 0.2) is 72.4 Å². The molecule has 1 aliphatic rings. The van der Waals surface area contributed by atoms with Gasteiger partial charge in [0.15, 0.2) is 28.6 Å². The Morgan fingerprint density at radius 3 is 2.62 bits per heavy atom. The molecular formula is C23H22N4O4S. The number of para-hydroxylation sites is 2. The highest BCUT2D eigenvalue weighted by Gasteiger charge is 2.28. The summed E-state index contributed by atoms with van der Waals surface area (Å²) < 4.78 is 13.7. The molecule has 2 aromatic carbocycles. The number of carbonyl (C=O) groups is 2. The van der Waals surface area contributed by atoms with Crippen LogP contribution >= 0.6 is 11.8 Å². The fourth-order valence-electron chi connectivity index (χ4n) is 3.24. The number of hydrogen-bond donors (Lipinski definition) is 1. The quantitative estimate of drug-likeness (QED) is 0.416. The van der Waals surface area contributed by atoms with Crippen molar-refractivity contribution in [2.45, 2.75) is 24.2 Å². The molecule has 1 N–H and O–H groups in total. The van der Waals surface area contributed by atoms with E-state index in [1.807, 2.05) is 59.2 Å². The maximum Gasteiger partial charge on any atom is 0.237 e. The maximum absolute atomic E-state index is 12.3. The molecule has 1 atom stereocenters. The number of nitrogens with zero attached hydrogens (tertiary/aromatic N) is 3. The van der Waals surface area contributed by atoms with Crippen molar-refractivity contribution in [3.05, 3.63) is 78.6 Å². The van der Waals surface area contributed by atoms with Gasteiger partial charge in [-0.1, -0.05) is 60.3 Å². The van der Waals surface area contributed by atoms with Gasteiger partial charge in [0.2, 0.25) is 11.8 Å². The minimum Gasteiger partial charge on any atom is -0.485 e. The van der Waals surface area contributed by atoms with Gasteiger partial charge >= 0.3 is 0 Å². The number of nitrogens with one attached hydrogen (secondary N) is 1. The number of hydrogen-bond acceptors (Lipinski definition) is 7. The van der Waals surface area contributed by atoms with E-state index in [4.69, 9.17) is 9.47 Å². The van der Waals surface area contributed by atoms with Crippen LogP contribution in [0.2, 0.25) is 0 Å². The van der Waals surface area contributed by atoms with Crippen LogP contribution in [-0.2, 0) is 22.6 Å². The van der Waals surface area contributed by atoms with Gasteiger partial charge in [0.1, 0.15) is 6.61 Å². The second-order valence-electron chi connectivity index (χ2n) is 7.03. The summed E-state index contributed by atoms with van der Waals surface area (Å²) in [5.41, 5.74) is 0.845. The normalized spacial score (nSPS) is 14.6. The lowest BCUT2D eigenvalue weighted by Gasteiger charge is -2.26. The molecule has 8 nitrogen and oxygen atoms in total. The first-order valence-electron chi connectivity index (χ1n) is 10.1. The summed E-state index contributed by atoms with van der Waals surface area (Å²) in [4.78, 5) is 24.4. The number of ether oxygens (including phenoxy) is 2. The van der Waals surface area contributed by atoms with Gasteiger partial charge in [-0.25, -0.2) is 0 Å². The van der Waals surface area contributed by atoms with Crippen molar-refractivity contribution in [1.29, 1.82) is 0 Å². The van der Waals surface area contributed by atoms with Gasteiger partial charge in [0.25, 0.3) is 0 Å². The number of rotatable bonds is 8. The highest BCUT2D eigenvalue weighted by Crippen LogP contribution is 2.36. The Morgan fingerprint density at radius 1 is 1.09 bits per heavy atom. The van der Waals surface area contributed by atoms with Crippen molar-refractivity contribution in [2.24, 2.45) is 0 Å². The number of benzene rings is 2. The van der Waals surface area contributed by atoms with E-state index >= 15 is 0 Å². The first kappa shape index (κ1) is 21.6. The predicted molar refractivity (Wildman–Crippen MR) is 120 cm³/mol. The third-order valence-electron chi connectivity index (χ3n) is 4.67. The van der Waals surface area contributed by atoms with E-state index in [-0.39, 0.29) is 18.1 Å². The van der Waals surface area contributed by atoms with Crippen LogP contribution in [0.25, 0.3) is 0 Å². The number of aromatic nitrogens is 3. The van der Waals surface area contributed by atoms with Crippen molar-refractivity contribution < 1.29 is 19.1 Å². The molecule has 0 saturated carbocycles. The predicted octanol–water partition coefficient (Wildman–Crippen LogP) is 2.95. The minimum atomic E-state index is -0.437. The molecule has 2 amide bonds. The third kappa shape index (κ3) is 5.17. The van der Waals surface area contributed by atoms with Gasteiger partial charge in [-0.15, -0.1) is 16.8 Å². The monoisotopic (exact) mass is 450 g/mol. The van der Waals surface area contributed by atoms with Crippen molar-refractivity contribution in [2.75, 3.05) is 12.4 Å². The number of amides is 2. The van der Waals surface area contributed by atoms with Gasteiger partial charge in [-0.3, -0.25) is 19.5 Å². The van der Waals surface area contributed by atoms with E-state index in [2.05, 4.69) is 22.1 Å². The van der Waals surface area contributed by atoms with E-state index in [1.54, 1.807) is 6.08 Å². The average molecular weight is 451 g/mol. The SMILES string of the molecule is C=CCn1c(SCC(=O)NC(=O)Cc2ccccc2)nnc1C1COc2ccccc2O1. The molecule has 1 aliphatic heterocycles. The lowest BCUT2D eigenvalue weighted by atomic mass is 10.1. The molecule has 0 aliphatic carbocycles. The number of fused-ring (bicyclic) bond motifs is 1. The molecule has 4 rings (SSSR count). The highest BCUT2D eigenvalue weighted by molar-refractivity contribution is 7.99. The summed E-state index contributed by atoms with van der Waals surface area (Å²) in [6.07, 6.45) is 1.43. The summed E-state index contributed by atoms with van der Waals surface area (Å²) in [5, 5.41) is 11.4. The summed E-state index contributed by atoms with van der Waals surface area (Å²) in [7, 11) is 0. The molecule has 0 bridgehead atoms. The Hall–Kier alpha value is -3.59. The zero-order valence-corrected chi connectivity index (χ0v) is 18.1. The summed E-state index contributed by atoms with van der Waals surface area (Å²) in [6.45, 7) is 4.53. The van der Waals surface area contributed by atoms with E-state index in [1.165, 1.54) is 11.8 Å². The Kier molecular flexibility index (Phi) is 6.86.